The molecule has 0 unspecified atom stereocenters. The first-order chi connectivity index (χ1) is 8.88. The first-order valence-corrected chi connectivity index (χ1v) is 7.66. The number of nitrogen functional groups attached to an aromatic ring is 1. The Balaban J connectivity index is 2.39. The Bertz CT molecular complexity index is 696. The van der Waals surface area contributed by atoms with Crippen LogP contribution in [0.3, 0.4) is 0 Å². The second-order valence-corrected chi connectivity index (χ2v) is 6.53. The molecule has 0 amide bonds. The molecule has 0 atom stereocenters. The Kier molecular flexibility index (Phi) is 3.77. The van der Waals surface area contributed by atoms with Gasteiger partial charge in [-0.1, -0.05) is 15.9 Å². The minimum Gasteiger partial charge on any atom is -0.396 e. The average Bonchev–Trinajstić information content (AvgIpc) is 2.26. The van der Waals surface area contributed by atoms with Gasteiger partial charge in [0, 0.05) is 10.7 Å². The SMILES string of the molecule is Cc1cc(Br)cc(NS(=O)(=O)c2ncccc2N)c1. The van der Waals surface area contributed by atoms with Gasteiger partial charge in [-0.2, -0.15) is 8.42 Å². The van der Waals surface area contributed by atoms with Crippen molar-refractivity contribution in [2.45, 2.75) is 11.9 Å². The summed E-state index contributed by atoms with van der Waals surface area (Å²) in [5, 5.41) is -0.173. The van der Waals surface area contributed by atoms with E-state index in [2.05, 4.69) is 25.6 Å². The molecule has 100 valence electrons. The first kappa shape index (κ1) is 13.8. The Labute approximate surface area is 120 Å². The molecule has 2 aromatic rings. The summed E-state index contributed by atoms with van der Waals surface area (Å²) in [5.41, 5.74) is 7.13. The highest BCUT2D eigenvalue weighted by Gasteiger charge is 2.19. The van der Waals surface area contributed by atoms with Gasteiger partial charge >= 0.3 is 0 Å². The molecule has 1 aromatic carbocycles. The number of nitrogens with two attached hydrogens (primary N) is 1. The van der Waals surface area contributed by atoms with E-state index in [4.69, 9.17) is 5.73 Å². The number of aryl methyl sites for hydroxylation is 1. The molecule has 7 heteroatoms. The summed E-state index contributed by atoms with van der Waals surface area (Å²) in [7, 11) is -3.78. The summed E-state index contributed by atoms with van der Waals surface area (Å²) in [4.78, 5) is 3.80. The monoisotopic (exact) mass is 341 g/mol. The van der Waals surface area contributed by atoms with Crippen molar-refractivity contribution in [1.29, 1.82) is 0 Å². The molecule has 0 aliphatic rings. The third-order valence-electron chi connectivity index (χ3n) is 2.35. The van der Waals surface area contributed by atoms with Crippen LogP contribution in [0.15, 0.2) is 46.0 Å². The number of aromatic nitrogens is 1. The zero-order valence-electron chi connectivity index (χ0n) is 10.1. The number of sulfonamides is 1. The predicted octanol–water partition coefficient (Wildman–Crippen LogP) is 2.54. The van der Waals surface area contributed by atoms with Crippen LogP contribution in [0, 0.1) is 6.92 Å². The fourth-order valence-electron chi connectivity index (χ4n) is 1.63. The van der Waals surface area contributed by atoms with E-state index in [1.807, 2.05) is 13.0 Å². The van der Waals surface area contributed by atoms with E-state index in [9.17, 15) is 8.42 Å². The molecule has 1 aromatic heterocycles. The number of nitrogens with one attached hydrogen (secondary N) is 1. The number of hydrogen-bond donors (Lipinski definition) is 2. The molecular weight excluding hydrogens is 330 g/mol. The van der Waals surface area contributed by atoms with Gasteiger partial charge in [-0.05, 0) is 42.8 Å². The van der Waals surface area contributed by atoms with Crippen LogP contribution in [0.1, 0.15) is 5.56 Å². The van der Waals surface area contributed by atoms with Crippen LogP contribution in [0.25, 0.3) is 0 Å². The first-order valence-electron chi connectivity index (χ1n) is 5.39. The maximum Gasteiger partial charge on any atom is 0.281 e. The molecule has 3 N–H and O–H groups in total. The maximum atomic E-state index is 12.2. The highest BCUT2D eigenvalue weighted by molar-refractivity contribution is 9.10. The summed E-state index contributed by atoms with van der Waals surface area (Å²) in [6, 6.07) is 8.35. The number of anilines is 2. The number of nitrogens with zero attached hydrogens (tertiary/aromatic N) is 1. The standard InChI is InChI=1S/C12H12BrN3O2S/c1-8-5-9(13)7-10(6-8)16-19(17,18)12-11(14)3-2-4-15-12/h2-7,16H,14H2,1H3. The molecule has 0 aliphatic heterocycles. The molecule has 0 fully saturated rings. The Morgan fingerprint density at radius 2 is 2.05 bits per heavy atom. The zero-order chi connectivity index (χ0) is 14.0. The third-order valence-corrected chi connectivity index (χ3v) is 4.16. The molecule has 0 spiro atoms. The molecule has 0 radical (unpaired) electrons. The molecule has 0 aliphatic carbocycles. The van der Waals surface area contributed by atoms with E-state index in [0.717, 1.165) is 10.0 Å². The third kappa shape index (κ3) is 3.24. The highest BCUT2D eigenvalue weighted by atomic mass is 79.9. The molecular formula is C12H12BrN3O2S. The molecule has 0 saturated heterocycles. The van der Waals surface area contributed by atoms with Crippen LogP contribution < -0.4 is 10.5 Å². The topological polar surface area (TPSA) is 85.1 Å². The zero-order valence-corrected chi connectivity index (χ0v) is 12.5. The van der Waals surface area contributed by atoms with Crippen molar-refractivity contribution < 1.29 is 8.42 Å². The second kappa shape index (κ2) is 5.18. The van der Waals surface area contributed by atoms with Crippen molar-refractivity contribution in [2.24, 2.45) is 0 Å². The van der Waals surface area contributed by atoms with E-state index in [0.29, 0.717) is 5.69 Å². The summed E-state index contributed by atoms with van der Waals surface area (Å²) in [5.74, 6) is 0. The quantitative estimate of drug-likeness (QED) is 0.898. The normalized spacial score (nSPS) is 11.3. The maximum absolute atomic E-state index is 12.2. The van der Waals surface area contributed by atoms with Gasteiger partial charge in [0.15, 0.2) is 5.03 Å². The van der Waals surface area contributed by atoms with E-state index >= 15 is 0 Å². The van der Waals surface area contributed by atoms with Crippen molar-refractivity contribution in [3.05, 3.63) is 46.6 Å². The van der Waals surface area contributed by atoms with Gasteiger partial charge in [0.1, 0.15) is 0 Å². The van der Waals surface area contributed by atoms with E-state index in [1.54, 1.807) is 18.2 Å². The van der Waals surface area contributed by atoms with Gasteiger partial charge in [0.05, 0.1) is 11.4 Å². The average molecular weight is 342 g/mol. The van der Waals surface area contributed by atoms with Crippen LogP contribution in [0.4, 0.5) is 11.4 Å². The number of rotatable bonds is 3. The molecule has 19 heavy (non-hydrogen) atoms. The Hall–Kier alpha value is -1.60. The van der Waals surface area contributed by atoms with Crippen molar-refractivity contribution in [3.8, 4) is 0 Å². The van der Waals surface area contributed by atoms with Crippen molar-refractivity contribution >= 4 is 37.3 Å². The van der Waals surface area contributed by atoms with E-state index in [-0.39, 0.29) is 10.7 Å². The lowest BCUT2D eigenvalue weighted by Crippen LogP contribution is -2.16. The number of pyridine rings is 1. The van der Waals surface area contributed by atoms with Crippen LogP contribution in [0.2, 0.25) is 0 Å². The molecule has 0 bridgehead atoms. The number of benzene rings is 1. The van der Waals surface area contributed by atoms with Crippen molar-refractivity contribution in [2.75, 3.05) is 10.5 Å². The highest BCUT2D eigenvalue weighted by Crippen LogP contribution is 2.23. The van der Waals surface area contributed by atoms with Crippen molar-refractivity contribution in [3.63, 3.8) is 0 Å². The summed E-state index contributed by atoms with van der Waals surface area (Å²) < 4.78 is 27.6. The minimum absolute atomic E-state index is 0.113. The summed E-state index contributed by atoms with van der Waals surface area (Å²) in [6.45, 7) is 1.87. The van der Waals surface area contributed by atoms with Crippen LogP contribution in [-0.2, 0) is 10.0 Å². The fraction of sp³-hybridized carbons (Fsp3) is 0.0833. The van der Waals surface area contributed by atoms with Gasteiger partial charge in [0.2, 0.25) is 0 Å². The summed E-state index contributed by atoms with van der Waals surface area (Å²) in [6.07, 6.45) is 1.39. The number of halogens is 1. The second-order valence-electron chi connectivity index (χ2n) is 4.02. The Morgan fingerprint density at radius 3 is 2.68 bits per heavy atom. The van der Waals surface area contributed by atoms with Gasteiger partial charge in [-0.25, -0.2) is 4.98 Å². The van der Waals surface area contributed by atoms with Crippen LogP contribution in [0.5, 0.6) is 0 Å². The van der Waals surface area contributed by atoms with Crippen molar-refractivity contribution in [1.82, 2.24) is 4.98 Å². The molecule has 0 saturated carbocycles. The molecule has 1 heterocycles. The lowest BCUT2D eigenvalue weighted by atomic mass is 10.2. The smallest absolute Gasteiger partial charge is 0.281 e. The Morgan fingerprint density at radius 1 is 1.32 bits per heavy atom. The summed E-state index contributed by atoms with van der Waals surface area (Å²) >= 11 is 3.32. The van der Waals surface area contributed by atoms with E-state index < -0.39 is 10.0 Å². The largest absolute Gasteiger partial charge is 0.396 e. The molecule has 2 rings (SSSR count). The lowest BCUT2D eigenvalue weighted by molar-refractivity contribution is 0.598. The fourth-order valence-corrected chi connectivity index (χ4v) is 3.34. The molecule has 5 nitrogen and oxygen atoms in total. The van der Waals surface area contributed by atoms with Gasteiger partial charge in [-0.3, -0.25) is 4.72 Å². The van der Waals surface area contributed by atoms with Gasteiger partial charge in [0.25, 0.3) is 10.0 Å². The van der Waals surface area contributed by atoms with Gasteiger partial charge in [-0.15, -0.1) is 0 Å². The predicted molar refractivity (Wildman–Crippen MR) is 78.3 cm³/mol. The minimum atomic E-state index is -3.78. The van der Waals surface area contributed by atoms with Crippen LogP contribution in [-0.4, -0.2) is 13.4 Å². The number of hydrogen-bond acceptors (Lipinski definition) is 4. The lowest BCUT2D eigenvalue weighted by Gasteiger charge is -2.10. The van der Waals surface area contributed by atoms with E-state index in [1.165, 1.54) is 12.3 Å². The van der Waals surface area contributed by atoms with Gasteiger partial charge < -0.3 is 5.73 Å². The van der Waals surface area contributed by atoms with Crippen LogP contribution >= 0.6 is 15.9 Å².